The predicted octanol–water partition coefficient (Wildman–Crippen LogP) is 3.65. The van der Waals surface area contributed by atoms with Crippen LogP contribution in [0, 0.1) is 0 Å². The van der Waals surface area contributed by atoms with Crippen molar-refractivity contribution in [1.29, 1.82) is 0 Å². The third-order valence-corrected chi connectivity index (χ3v) is 5.73. The van der Waals surface area contributed by atoms with Crippen LogP contribution in [0.25, 0.3) is 11.5 Å². The van der Waals surface area contributed by atoms with Crippen LogP contribution in [0.15, 0.2) is 53.3 Å². The second-order valence-corrected chi connectivity index (χ2v) is 7.99. The maximum Gasteiger partial charge on any atom is 0.258 e. The van der Waals surface area contributed by atoms with Gasteiger partial charge in [-0.1, -0.05) is 24.2 Å². The summed E-state index contributed by atoms with van der Waals surface area (Å²) < 4.78 is 10.7. The summed E-state index contributed by atoms with van der Waals surface area (Å²) in [6.07, 6.45) is 6.44. The Hall–Kier alpha value is -3.22. The Balaban J connectivity index is 1.40. The van der Waals surface area contributed by atoms with Crippen molar-refractivity contribution in [2.24, 2.45) is 0 Å². The standard InChI is InChI=1S/C23H26N4O3/c1-23(22-25-21(30-26-22)18-10-13-24-14-11-18)12-3-15-27(16-23)20(28)9-6-17-4-7-19(29-2)8-5-17/h4-5,7-8,10-11,13-14H,3,6,9,12,15-16H2,1-2H3. The van der Waals surface area contributed by atoms with Gasteiger partial charge in [0.1, 0.15) is 5.75 Å². The number of likely N-dealkylation sites (tertiary alicyclic amines) is 1. The number of aromatic nitrogens is 3. The molecule has 1 aliphatic rings. The molecule has 1 saturated heterocycles. The van der Waals surface area contributed by atoms with Crippen LogP contribution in [0.4, 0.5) is 0 Å². The van der Waals surface area contributed by atoms with Gasteiger partial charge in [0.25, 0.3) is 5.89 Å². The monoisotopic (exact) mass is 406 g/mol. The summed E-state index contributed by atoms with van der Waals surface area (Å²) in [7, 11) is 1.65. The van der Waals surface area contributed by atoms with E-state index < -0.39 is 0 Å². The van der Waals surface area contributed by atoms with Gasteiger partial charge in [0.15, 0.2) is 5.82 Å². The molecule has 1 unspecified atom stereocenters. The van der Waals surface area contributed by atoms with E-state index in [1.54, 1.807) is 19.5 Å². The van der Waals surface area contributed by atoms with Gasteiger partial charge in [-0.2, -0.15) is 4.98 Å². The molecule has 1 amide bonds. The summed E-state index contributed by atoms with van der Waals surface area (Å²) in [5, 5.41) is 4.24. The van der Waals surface area contributed by atoms with E-state index in [1.165, 1.54) is 0 Å². The zero-order valence-electron chi connectivity index (χ0n) is 17.4. The summed E-state index contributed by atoms with van der Waals surface area (Å²) in [5.74, 6) is 2.12. The lowest BCUT2D eigenvalue weighted by molar-refractivity contribution is -0.133. The van der Waals surface area contributed by atoms with Crippen molar-refractivity contribution in [2.45, 2.75) is 38.0 Å². The van der Waals surface area contributed by atoms with Gasteiger partial charge < -0.3 is 14.2 Å². The molecule has 0 spiro atoms. The first kappa shape index (κ1) is 20.1. The Morgan fingerprint density at radius 2 is 1.97 bits per heavy atom. The van der Waals surface area contributed by atoms with Crippen LogP contribution in [0.2, 0.25) is 0 Å². The maximum atomic E-state index is 12.9. The molecule has 0 aliphatic carbocycles. The molecule has 156 valence electrons. The number of nitrogens with zero attached hydrogens (tertiary/aromatic N) is 4. The number of methoxy groups -OCH3 is 1. The van der Waals surface area contributed by atoms with E-state index in [-0.39, 0.29) is 11.3 Å². The van der Waals surface area contributed by atoms with Crippen molar-refractivity contribution >= 4 is 5.91 Å². The number of pyridine rings is 1. The van der Waals surface area contributed by atoms with Crippen molar-refractivity contribution in [1.82, 2.24) is 20.0 Å². The molecule has 3 heterocycles. The molecule has 0 bridgehead atoms. The largest absolute Gasteiger partial charge is 0.497 e. The molecule has 1 atom stereocenters. The summed E-state index contributed by atoms with van der Waals surface area (Å²) >= 11 is 0. The van der Waals surface area contributed by atoms with Crippen molar-refractivity contribution in [3.63, 3.8) is 0 Å². The second-order valence-electron chi connectivity index (χ2n) is 7.99. The Morgan fingerprint density at radius 3 is 2.70 bits per heavy atom. The number of carbonyl (C=O) groups is 1. The van der Waals surface area contributed by atoms with Gasteiger partial charge >= 0.3 is 0 Å². The SMILES string of the molecule is COc1ccc(CCC(=O)N2CCCC(C)(c3noc(-c4ccncc4)n3)C2)cc1. The minimum absolute atomic E-state index is 0.162. The molecule has 0 radical (unpaired) electrons. The first-order valence-electron chi connectivity index (χ1n) is 10.2. The maximum absolute atomic E-state index is 12.9. The van der Waals surface area contributed by atoms with Crippen LogP contribution in [0.5, 0.6) is 5.75 Å². The van der Waals surface area contributed by atoms with Crippen LogP contribution in [-0.4, -0.2) is 46.1 Å². The minimum Gasteiger partial charge on any atom is -0.497 e. The van der Waals surface area contributed by atoms with Gasteiger partial charge in [-0.3, -0.25) is 9.78 Å². The zero-order chi connectivity index (χ0) is 21.0. The van der Waals surface area contributed by atoms with Gasteiger partial charge in [0.05, 0.1) is 7.11 Å². The van der Waals surface area contributed by atoms with Gasteiger partial charge in [0, 0.05) is 42.9 Å². The lowest BCUT2D eigenvalue weighted by Gasteiger charge is -2.38. The van der Waals surface area contributed by atoms with Crippen molar-refractivity contribution < 1.29 is 14.1 Å². The molecule has 1 fully saturated rings. The number of hydrogen-bond donors (Lipinski definition) is 0. The van der Waals surface area contributed by atoms with E-state index >= 15 is 0 Å². The number of carbonyl (C=O) groups excluding carboxylic acids is 1. The smallest absolute Gasteiger partial charge is 0.258 e. The summed E-state index contributed by atoms with van der Waals surface area (Å²) in [6.45, 7) is 3.48. The first-order valence-corrected chi connectivity index (χ1v) is 10.2. The number of hydrogen-bond acceptors (Lipinski definition) is 6. The Kier molecular flexibility index (Phi) is 5.79. The fourth-order valence-electron chi connectivity index (χ4n) is 3.92. The fraction of sp³-hybridized carbons (Fsp3) is 0.391. The lowest BCUT2D eigenvalue weighted by atomic mass is 9.81. The van der Waals surface area contributed by atoms with Crippen molar-refractivity contribution in [3.8, 4) is 17.2 Å². The van der Waals surface area contributed by atoms with Crippen LogP contribution >= 0.6 is 0 Å². The Morgan fingerprint density at radius 1 is 1.20 bits per heavy atom. The number of amides is 1. The molecular formula is C23H26N4O3. The highest BCUT2D eigenvalue weighted by Crippen LogP contribution is 2.33. The van der Waals surface area contributed by atoms with Crippen LogP contribution < -0.4 is 4.74 Å². The molecule has 1 aromatic carbocycles. The average molecular weight is 406 g/mol. The quantitative estimate of drug-likeness (QED) is 0.621. The highest BCUT2D eigenvalue weighted by Gasteiger charge is 2.38. The van der Waals surface area contributed by atoms with Crippen LogP contribution in [-0.2, 0) is 16.6 Å². The molecule has 3 aromatic rings. The Labute approximate surface area is 176 Å². The van der Waals surface area contributed by atoms with E-state index in [0.29, 0.717) is 31.1 Å². The minimum atomic E-state index is -0.317. The third kappa shape index (κ3) is 4.35. The average Bonchev–Trinajstić information content (AvgIpc) is 3.30. The van der Waals surface area contributed by atoms with Crippen LogP contribution in [0.1, 0.15) is 37.6 Å². The predicted molar refractivity (Wildman–Crippen MR) is 112 cm³/mol. The highest BCUT2D eigenvalue weighted by molar-refractivity contribution is 5.76. The van der Waals surface area contributed by atoms with Crippen molar-refractivity contribution in [3.05, 3.63) is 60.2 Å². The van der Waals surface area contributed by atoms with Crippen molar-refractivity contribution in [2.75, 3.05) is 20.2 Å². The summed E-state index contributed by atoms with van der Waals surface area (Å²) in [6, 6.07) is 11.5. The van der Waals surface area contributed by atoms with E-state index in [2.05, 4.69) is 22.0 Å². The second kappa shape index (κ2) is 8.65. The molecule has 2 aromatic heterocycles. The topological polar surface area (TPSA) is 81.4 Å². The lowest BCUT2D eigenvalue weighted by Crippen LogP contribution is -2.47. The van der Waals surface area contributed by atoms with Gasteiger partial charge in [-0.15, -0.1) is 0 Å². The number of rotatable bonds is 6. The fourth-order valence-corrected chi connectivity index (χ4v) is 3.92. The van der Waals surface area contributed by atoms with E-state index in [0.717, 1.165) is 36.3 Å². The van der Waals surface area contributed by atoms with Crippen LogP contribution in [0.3, 0.4) is 0 Å². The molecule has 7 nitrogen and oxygen atoms in total. The van der Waals surface area contributed by atoms with Gasteiger partial charge in [-0.05, 0) is 49.1 Å². The Bertz CT molecular complexity index is 987. The molecular weight excluding hydrogens is 380 g/mol. The summed E-state index contributed by atoms with van der Waals surface area (Å²) in [4.78, 5) is 23.5. The molecule has 7 heteroatoms. The molecule has 1 aliphatic heterocycles. The number of piperidine rings is 1. The molecule has 4 rings (SSSR count). The molecule has 0 saturated carbocycles. The van der Waals surface area contributed by atoms with Gasteiger partial charge in [-0.25, -0.2) is 0 Å². The van der Waals surface area contributed by atoms with E-state index in [1.807, 2.05) is 41.3 Å². The van der Waals surface area contributed by atoms with E-state index in [4.69, 9.17) is 9.26 Å². The first-order chi connectivity index (χ1) is 14.6. The number of benzene rings is 1. The van der Waals surface area contributed by atoms with E-state index in [9.17, 15) is 4.79 Å². The summed E-state index contributed by atoms with van der Waals surface area (Å²) in [5.41, 5.74) is 1.66. The zero-order valence-corrected chi connectivity index (χ0v) is 17.4. The normalized spacial score (nSPS) is 18.9. The number of ether oxygens (including phenoxy) is 1. The highest BCUT2D eigenvalue weighted by atomic mass is 16.5. The molecule has 0 N–H and O–H groups in total. The van der Waals surface area contributed by atoms with Gasteiger partial charge in [0.2, 0.25) is 5.91 Å². The number of aryl methyl sites for hydroxylation is 1. The molecule has 30 heavy (non-hydrogen) atoms. The third-order valence-electron chi connectivity index (χ3n) is 5.73.